The van der Waals surface area contributed by atoms with Crippen molar-refractivity contribution in [1.82, 2.24) is 0 Å². The first kappa shape index (κ1) is 6.71. The van der Waals surface area contributed by atoms with Crippen LogP contribution in [-0.4, -0.2) is 0 Å². The molecule has 0 radical (unpaired) electrons. The molecule has 0 N–H and O–H groups in total. The molecule has 0 fully saturated rings. The van der Waals surface area contributed by atoms with Crippen LogP contribution < -0.4 is 9.13 Å². The number of pyridine rings is 2. The minimum Gasteiger partial charge on any atom is -0.188 e. The van der Waals surface area contributed by atoms with Gasteiger partial charge in [-0.15, -0.1) is 0 Å². The van der Waals surface area contributed by atoms with E-state index < -0.39 is 0 Å². The molecule has 0 saturated carbocycles. The lowest BCUT2D eigenvalue weighted by Gasteiger charge is -1.93. The largest absolute Gasteiger partial charge is 0.287 e. The summed E-state index contributed by atoms with van der Waals surface area (Å²) in [5.74, 6) is 0. The zero-order chi connectivity index (χ0) is 9.12. The van der Waals surface area contributed by atoms with E-state index in [0.29, 0.717) is 0 Å². The maximum absolute atomic E-state index is 2.35. The third-order valence-corrected chi connectivity index (χ3v) is 3.22. The number of hydrogen-bond donors (Lipinski definition) is 0. The smallest absolute Gasteiger partial charge is 0.188 e. The zero-order valence-corrected chi connectivity index (χ0v) is 7.77. The molecule has 0 saturated heterocycles. The highest BCUT2D eigenvalue weighted by atomic mass is 15.1. The van der Waals surface area contributed by atoms with Crippen LogP contribution in [0, 0.1) is 0 Å². The molecular weight excluding hydrogens is 172 g/mol. The molecule has 0 unspecified atom stereocenters. The predicted octanol–water partition coefficient (Wildman–Crippen LogP) is 0.652. The Balaban J connectivity index is 2.22. The van der Waals surface area contributed by atoms with E-state index in [4.69, 9.17) is 0 Å². The molecule has 2 aliphatic heterocycles. The van der Waals surface area contributed by atoms with Crippen LogP contribution in [0.25, 0.3) is 11.4 Å². The van der Waals surface area contributed by atoms with Crippen LogP contribution >= 0.6 is 0 Å². The molecule has 14 heavy (non-hydrogen) atoms. The van der Waals surface area contributed by atoms with E-state index in [-0.39, 0.29) is 0 Å². The van der Waals surface area contributed by atoms with E-state index in [1.807, 2.05) is 0 Å². The second-order valence-electron chi connectivity index (χ2n) is 4.02. The third kappa shape index (κ3) is 0.607. The van der Waals surface area contributed by atoms with Gasteiger partial charge < -0.3 is 0 Å². The van der Waals surface area contributed by atoms with Gasteiger partial charge in [0.05, 0.1) is 11.1 Å². The molecule has 2 aromatic heterocycles. The average molecular weight is 182 g/mol. The molecule has 4 heterocycles. The van der Waals surface area contributed by atoms with Crippen molar-refractivity contribution in [3.63, 3.8) is 0 Å². The van der Waals surface area contributed by atoms with Crippen LogP contribution in [0.2, 0.25) is 0 Å². The van der Waals surface area contributed by atoms with E-state index in [2.05, 4.69) is 45.8 Å². The predicted molar refractivity (Wildman–Crippen MR) is 50.5 cm³/mol. The molecule has 2 aromatic rings. The van der Waals surface area contributed by atoms with Gasteiger partial charge in [0.1, 0.15) is 0 Å². The summed E-state index contributed by atoms with van der Waals surface area (Å²) in [5, 5.41) is 0. The van der Waals surface area contributed by atoms with Gasteiger partial charge >= 0.3 is 0 Å². The Morgan fingerprint density at radius 2 is 1.29 bits per heavy atom. The topological polar surface area (TPSA) is 7.76 Å². The molecule has 66 valence electrons. The summed E-state index contributed by atoms with van der Waals surface area (Å²) in [6.07, 6.45) is 4.35. The molecule has 2 heteroatoms. The first-order chi connectivity index (χ1) is 6.93. The van der Waals surface area contributed by atoms with E-state index >= 15 is 0 Å². The third-order valence-electron chi connectivity index (χ3n) is 3.22. The molecule has 2 aliphatic rings. The van der Waals surface area contributed by atoms with E-state index in [1.54, 1.807) is 0 Å². The monoisotopic (exact) mass is 182 g/mol. The van der Waals surface area contributed by atoms with Crippen molar-refractivity contribution in [3.05, 3.63) is 47.8 Å². The summed E-state index contributed by atoms with van der Waals surface area (Å²) in [5.41, 5.74) is 5.78. The van der Waals surface area contributed by atoms with Gasteiger partial charge in [-0.05, 0) is 12.1 Å². The Morgan fingerprint density at radius 3 is 1.79 bits per heavy atom. The maximum Gasteiger partial charge on any atom is 0.287 e. The van der Waals surface area contributed by atoms with Crippen molar-refractivity contribution in [3.8, 4) is 11.4 Å². The van der Waals surface area contributed by atoms with Gasteiger partial charge in [-0.25, -0.2) is 0 Å². The highest BCUT2D eigenvalue weighted by Gasteiger charge is 2.42. The lowest BCUT2D eigenvalue weighted by atomic mass is 10.2. The fourth-order valence-corrected chi connectivity index (χ4v) is 2.66. The number of rotatable bonds is 0. The Labute approximate surface area is 82.1 Å². The lowest BCUT2D eigenvalue weighted by Crippen LogP contribution is -2.33. The van der Waals surface area contributed by atoms with Gasteiger partial charge in [-0.1, -0.05) is 0 Å². The van der Waals surface area contributed by atoms with Gasteiger partial charge in [0.2, 0.25) is 0 Å². The Kier molecular flexibility index (Phi) is 0.973. The lowest BCUT2D eigenvalue weighted by molar-refractivity contribution is -0.679. The minimum absolute atomic E-state index is 1.04. The van der Waals surface area contributed by atoms with Gasteiger partial charge in [0.25, 0.3) is 11.4 Å². The molecule has 0 atom stereocenters. The van der Waals surface area contributed by atoms with Crippen LogP contribution in [0.1, 0.15) is 11.1 Å². The number of nitrogens with zero attached hydrogens (tertiary/aromatic N) is 2. The van der Waals surface area contributed by atoms with Crippen molar-refractivity contribution >= 4 is 0 Å². The van der Waals surface area contributed by atoms with Crippen molar-refractivity contribution in [2.24, 2.45) is 0 Å². The standard InChI is InChI=1S/C12H10N2/c1-3-9-7-14-6-2-4-10-8-13(5-1)11(9)12(10)14/h1-6H,7-8H2/q+2. The minimum atomic E-state index is 1.04. The van der Waals surface area contributed by atoms with E-state index in [0.717, 1.165) is 13.1 Å². The zero-order valence-electron chi connectivity index (χ0n) is 7.77. The quantitative estimate of drug-likeness (QED) is 0.353. The van der Waals surface area contributed by atoms with Gasteiger partial charge in [-0.3, -0.25) is 0 Å². The highest BCUT2D eigenvalue weighted by molar-refractivity contribution is 5.60. The van der Waals surface area contributed by atoms with E-state index in [1.165, 1.54) is 22.5 Å². The summed E-state index contributed by atoms with van der Waals surface area (Å²) < 4.78 is 4.70. The van der Waals surface area contributed by atoms with Gasteiger partial charge in [0.15, 0.2) is 25.5 Å². The Hall–Kier alpha value is -1.70. The van der Waals surface area contributed by atoms with Crippen molar-refractivity contribution < 1.29 is 9.13 Å². The average Bonchev–Trinajstić information content (AvgIpc) is 2.74. The molecule has 0 bridgehead atoms. The fraction of sp³-hybridized carbons (Fsp3) is 0.167. The Morgan fingerprint density at radius 1 is 0.786 bits per heavy atom. The van der Waals surface area contributed by atoms with Crippen LogP contribution in [-0.2, 0) is 13.1 Å². The van der Waals surface area contributed by atoms with Gasteiger partial charge in [-0.2, -0.15) is 9.13 Å². The summed E-state index contributed by atoms with van der Waals surface area (Å²) in [4.78, 5) is 0. The molecule has 4 rings (SSSR count). The Bertz CT molecular complexity index is 466. The van der Waals surface area contributed by atoms with Gasteiger partial charge in [0, 0.05) is 12.1 Å². The SMILES string of the molecule is c1cc2c3[n+](c1)Cc1ccc[n+](c1-3)C2. The first-order valence-electron chi connectivity index (χ1n) is 4.96. The summed E-state index contributed by atoms with van der Waals surface area (Å²) >= 11 is 0. The number of hydrogen-bond acceptors (Lipinski definition) is 0. The molecule has 0 spiro atoms. The first-order valence-corrected chi connectivity index (χ1v) is 4.96. The van der Waals surface area contributed by atoms with Crippen molar-refractivity contribution in [1.29, 1.82) is 0 Å². The van der Waals surface area contributed by atoms with Crippen LogP contribution in [0.3, 0.4) is 0 Å². The molecule has 0 aliphatic carbocycles. The number of aromatic nitrogens is 2. The van der Waals surface area contributed by atoms with Crippen LogP contribution in [0.15, 0.2) is 36.7 Å². The second-order valence-corrected chi connectivity index (χ2v) is 4.02. The van der Waals surface area contributed by atoms with Crippen LogP contribution in [0.5, 0.6) is 0 Å². The summed E-state index contributed by atoms with van der Waals surface area (Å²) in [7, 11) is 0. The highest BCUT2D eigenvalue weighted by Crippen LogP contribution is 2.29. The van der Waals surface area contributed by atoms with Crippen LogP contribution in [0.4, 0.5) is 0 Å². The normalized spacial score (nSPS) is 14.6. The maximum atomic E-state index is 2.35. The fourth-order valence-electron chi connectivity index (χ4n) is 2.66. The molecular formula is C12H10N2+2. The molecule has 0 amide bonds. The molecule has 2 nitrogen and oxygen atoms in total. The van der Waals surface area contributed by atoms with Crippen molar-refractivity contribution in [2.45, 2.75) is 13.1 Å². The van der Waals surface area contributed by atoms with Crippen molar-refractivity contribution in [2.75, 3.05) is 0 Å². The van der Waals surface area contributed by atoms with E-state index in [9.17, 15) is 0 Å². The second kappa shape index (κ2) is 2.03. The summed E-state index contributed by atoms with van der Waals surface area (Å²) in [6, 6.07) is 8.75. The molecule has 0 aromatic carbocycles. The summed E-state index contributed by atoms with van der Waals surface area (Å²) in [6.45, 7) is 2.08.